The van der Waals surface area contributed by atoms with Crippen LogP contribution in [-0.2, 0) is 6.54 Å². The highest BCUT2D eigenvalue weighted by Gasteiger charge is 2.11. The van der Waals surface area contributed by atoms with Gasteiger partial charge < -0.3 is 20.5 Å². The fourth-order valence-corrected chi connectivity index (χ4v) is 1.20. The molecule has 84 valence electrons. The minimum atomic E-state index is 0.520. The molecule has 0 aliphatic rings. The Labute approximate surface area is 88.8 Å². The monoisotopic (exact) mass is 212 g/mol. The Hall–Kier alpha value is -1.40. The fraction of sp³-hybridized carbons (Fsp3) is 0.556. The summed E-state index contributed by atoms with van der Waals surface area (Å²) >= 11 is 0. The lowest BCUT2D eigenvalue weighted by molar-refractivity contribution is 0.359. The molecule has 0 fully saturated rings. The molecule has 1 heterocycles. The van der Waals surface area contributed by atoms with Crippen LogP contribution in [0.1, 0.15) is 5.56 Å². The maximum absolute atomic E-state index is 5.38. The molecular weight excluding hydrogens is 196 g/mol. The third-order valence-electron chi connectivity index (χ3n) is 1.88. The second-order valence-corrected chi connectivity index (χ2v) is 2.84. The first-order valence-electron chi connectivity index (χ1n) is 4.66. The second kappa shape index (κ2) is 6.15. The van der Waals surface area contributed by atoms with Crippen molar-refractivity contribution in [3.63, 3.8) is 0 Å². The predicted octanol–water partition coefficient (Wildman–Crippen LogP) is -0.458. The van der Waals surface area contributed by atoms with Crippen molar-refractivity contribution >= 4 is 0 Å². The number of aromatic nitrogens is 2. The molecule has 0 aromatic carbocycles. The summed E-state index contributed by atoms with van der Waals surface area (Å²) in [7, 11) is 3.13. The smallest absolute Gasteiger partial charge is 0.224 e. The minimum absolute atomic E-state index is 0.520. The zero-order valence-electron chi connectivity index (χ0n) is 8.99. The lowest BCUT2D eigenvalue weighted by Gasteiger charge is -2.10. The number of hydrogen-bond donors (Lipinski definition) is 2. The van der Waals surface area contributed by atoms with Gasteiger partial charge in [0.05, 0.1) is 19.8 Å². The molecule has 1 rings (SSSR count). The molecular formula is C9H16N4O2. The van der Waals surface area contributed by atoms with Gasteiger partial charge in [0.25, 0.3) is 0 Å². The number of hydrogen-bond acceptors (Lipinski definition) is 6. The van der Waals surface area contributed by atoms with E-state index in [1.165, 1.54) is 6.33 Å². The first-order chi connectivity index (χ1) is 7.33. The van der Waals surface area contributed by atoms with E-state index in [1.807, 2.05) is 0 Å². The van der Waals surface area contributed by atoms with Crippen molar-refractivity contribution in [1.29, 1.82) is 0 Å². The van der Waals surface area contributed by atoms with E-state index in [1.54, 1.807) is 14.2 Å². The van der Waals surface area contributed by atoms with Crippen LogP contribution in [0.25, 0.3) is 0 Å². The van der Waals surface area contributed by atoms with Gasteiger partial charge >= 0.3 is 0 Å². The molecule has 0 saturated carbocycles. The van der Waals surface area contributed by atoms with Gasteiger partial charge in [0.2, 0.25) is 11.8 Å². The standard InChI is InChI=1S/C9H16N4O2/c1-14-8-7(5-11-4-3-10)9(15-2)13-6-12-8/h6,11H,3-5,10H2,1-2H3. The minimum Gasteiger partial charge on any atom is -0.481 e. The topological polar surface area (TPSA) is 82.3 Å². The lowest BCUT2D eigenvalue weighted by atomic mass is 10.3. The van der Waals surface area contributed by atoms with E-state index in [0.29, 0.717) is 24.8 Å². The van der Waals surface area contributed by atoms with Crippen LogP contribution < -0.4 is 20.5 Å². The van der Waals surface area contributed by atoms with Gasteiger partial charge in [0.15, 0.2) is 0 Å². The molecule has 15 heavy (non-hydrogen) atoms. The van der Waals surface area contributed by atoms with Crippen molar-refractivity contribution in [2.75, 3.05) is 27.3 Å². The van der Waals surface area contributed by atoms with Gasteiger partial charge in [-0.15, -0.1) is 0 Å². The van der Waals surface area contributed by atoms with E-state index in [9.17, 15) is 0 Å². The lowest BCUT2D eigenvalue weighted by Crippen LogP contribution is -2.22. The van der Waals surface area contributed by atoms with E-state index < -0.39 is 0 Å². The highest BCUT2D eigenvalue weighted by Crippen LogP contribution is 2.22. The van der Waals surface area contributed by atoms with E-state index in [-0.39, 0.29) is 0 Å². The number of nitrogens with two attached hydrogens (primary N) is 1. The van der Waals surface area contributed by atoms with Gasteiger partial charge in [-0.2, -0.15) is 0 Å². The largest absolute Gasteiger partial charge is 0.481 e. The van der Waals surface area contributed by atoms with Crippen LogP contribution in [0.3, 0.4) is 0 Å². The van der Waals surface area contributed by atoms with Gasteiger partial charge in [0, 0.05) is 19.6 Å². The zero-order chi connectivity index (χ0) is 11.1. The van der Waals surface area contributed by atoms with E-state index in [4.69, 9.17) is 15.2 Å². The third kappa shape index (κ3) is 3.03. The van der Waals surface area contributed by atoms with Gasteiger partial charge in [-0.25, -0.2) is 9.97 Å². The molecule has 0 bridgehead atoms. The van der Waals surface area contributed by atoms with Gasteiger partial charge in [-0.1, -0.05) is 0 Å². The molecule has 0 aliphatic heterocycles. The van der Waals surface area contributed by atoms with E-state index in [2.05, 4.69) is 15.3 Å². The van der Waals surface area contributed by atoms with Crippen LogP contribution in [0.15, 0.2) is 6.33 Å². The van der Waals surface area contributed by atoms with Gasteiger partial charge in [0.1, 0.15) is 6.33 Å². The van der Waals surface area contributed by atoms with Crippen LogP contribution in [0.2, 0.25) is 0 Å². The molecule has 0 atom stereocenters. The Balaban J connectivity index is 2.80. The highest BCUT2D eigenvalue weighted by atomic mass is 16.5. The Bertz CT molecular complexity index is 284. The quantitative estimate of drug-likeness (QED) is 0.621. The molecule has 0 spiro atoms. The Kier molecular flexibility index (Phi) is 4.79. The second-order valence-electron chi connectivity index (χ2n) is 2.84. The maximum Gasteiger partial charge on any atom is 0.224 e. The summed E-state index contributed by atoms with van der Waals surface area (Å²) in [6.45, 7) is 1.88. The van der Waals surface area contributed by atoms with Crippen LogP contribution in [-0.4, -0.2) is 37.3 Å². The Morgan fingerprint density at radius 1 is 1.27 bits per heavy atom. The normalized spacial score (nSPS) is 10.1. The van der Waals surface area contributed by atoms with Crippen molar-refractivity contribution in [2.45, 2.75) is 6.54 Å². The van der Waals surface area contributed by atoms with Crippen molar-refractivity contribution < 1.29 is 9.47 Å². The average molecular weight is 212 g/mol. The van der Waals surface area contributed by atoms with Crippen molar-refractivity contribution in [3.8, 4) is 11.8 Å². The molecule has 6 heteroatoms. The molecule has 0 unspecified atom stereocenters. The van der Waals surface area contributed by atoms with Crippen molar-refractivity contribution in [3.05, 3.63) is 11.9 Å². The molecule has 1 aromatic rings. The summed E-state index contributed by atoms with van der Waals surface area (Å²) in [6.07, 6.45) is 1.41. The summed E-state index contributed by atoms with van der Waals surface area (Å²) in [6, 6.07) is 0. The molecule has 0 amide bonds. The van der Waals surface area contributed by atoms with E-state index in [0.717, 1.165) is 12.1 Å². The molecule has 0 saturated heterocycles. The number of methoxy groups -OCH3 is 2. The summed E-state index contributed by atoms with van der Waals surface area (Å²) in [4.78, 5) is 8.00. The van der Waals surface area contributed by atoms with Gasteiger partial charge in [-0.3, -0.25) is 0 Å². The summed E-state index contributed by atoms with van der Waals surface area (Å²) < 4.78 is 10.2. The van der Waals surface area contributed by atoms with Crippen LogP contribution in [0.5, 0.6) is 11.8 Å². The number of nitrogens with one attached hydrogen (secondary N) is 1. The number of ether oxygens (including phenoxy) is 2. The van der Waals surface area contributed by atoms with Crippen LogP contribution in [0.4, 0.5) is 0 Å². The third-order valence-corrected chi connectivity index (χ3v) is 1.88. The summed E-state index contributed by atoms with van der Waals surface area (Å²) in [5, 5.41) is 3.14. The molecule has 0 radical (unpaired) electrons. The molecule has 1 aromatic heterocycles. The summed E-state index contributed by atoms with van der Waals surface area (Å²) in [5.74, 6) is 1.04. The first-order valence-corrected chi connectivity index (χ1v) is 4.66. The van der Waals surface area contributed by atoms with E-state index >= 15 is 0 Å². The first kappa shape index (κ1) is 11.7. The Morgan fingerprint density at radius 3 is 2.33 bits per heavy atom. The summed E-state index contributed by atoms with van der Waals surface area (Å²) in [5.41, 5.74) is 6.18. The Morgan fingerprint density at radius 2 is 1.87 bits per heavy atom. The molecule has 0 aliphatic carbocycles. The van der Waals surface area contributed by atoms with Crippen LogP contribution in [0, 0.1) is 0 Å². The molecule has 3 N–H and O–H groups in total. The van der Waals surface area contributed by atoms with Crippen molar-refractivity contribution in [1.82, 2.24) is 15.3 Å². The SMILES string of the molecule is COc1ncnc(OC)c1CNCCN. The zero-order valence-corrected chi connectivity index (χ0v) is 8.99. The van der Waals surface area contributed by atoms with Gasteiger partial charge in [-0.05, 0) is 0 Å². The number of rotatable bonds is 6. The average Bonchev–Trinajstić information content (AvgIpc) is 2.29. The highest BCUT2D eigenvalue weighted by molar-refractivity contribution is 5.34. The fourth-order valence-electron chi connectivity index (χ4n) is 1.20. The van der Waals surface area contributed by atoms with Crippen LogP contribution >= 0.6 is 0 Å². The number of nitrogens with zero attached hydrogens (tertiary/aromatic N) is 2. The predicted molar refractivity (Wildman–Crippen MR) is 55.9 cm³/mol. The van der Waals surface area contributed by atoms with Crippen molar-refractivity contribution in [2.24, 2.45) is 5.73 Å². The maximum atomic E-state index is 5.38. The molecule has 6 nitrogen and oxygen atoms in total.